The number of rotatable bonds is 1. The molecule has 0 amide bonds. The molecule has 1 heterocycles. The summed E-state index contributed by atoms with van der Waals surface area (Å²) in [4.78, 5) is 17.3. The smallest absolute Gasteiger partial charge is 0.263 e. The van der Waals surface area contributed by atoms with Gasteiger partial charge in [-0.1, -0.05) is 6.07 Å². The van der Waals surface area contributed by atoms with Crippen molar-refractivity contribution < 1.29 is 8.42 Å². The van der Waals surface area contributed by atoms with E-state index in [0.717, 1.165) is 6.33 Å². The van der Waals surface area contributed by atoms with Gasteiger partial charge >= 0.3 is 0 Å². The summed E-state index contributed by atoms with van der Waals surface area (Å²) in [5.74, 6) is 0. The molecule has 0 bridgehead atoms. The highest BCUT2D eigenvalue weighted by atomic mass is 35.7. The molecule has 0 aliphatic heterocycles. The Labute approximate surface area is 89.1 Å². The Kier molecular flexibility index (Phi) is 2.24. The summed E-state index contributed by atoms with van der Waals surface area (Å²) in [7, 11) is 1.32. The number of para-hydroxylation sites is 1. The van der Waals surface area contributed by atoms with Crippen LogP contribution in [0.15, 0.2) is 34.2 Å². The molecule has 0 fully saturated rings. The lowest BCUT2D eigenvalue weighted by atomic mass is 10.2. The minimum Gasteiger partial charge on any atom is -0.313 e. The predicted molar refractivity (Wildman–Crippen MR) is 55.4 cm³/mol. The third-order valence-electron chi connectivity index (χ3n) is 1.90. The highest BCUT2D eigenvalue weighted by Crippen LogP contribution is 2.21. The molecule has 15 heavy (non-hydrogen) atoms. The summed E-state index contributed by atoms with van der Waals surface area (Å²) in [5.41, 5.74) is -0.321. The molecular formula is C8H5ClN2O3S. The van der Waals surface area contributed by atoms with Crippen LogP contribution in [0.2, 0.25) is 0 Å². The normalized spacial score (nSPS) is 11.8. The highest BCUT2D eigenvalue weighted by molar-refractivity contribution is 8.14. The number of nitrogens with zero attached hydrogens (tertiary/aromatic N) is 1. The molecule has 0 unspecified atom stereocenters. The molecule has 2 rings (SSSR count). The van der Waals surface area contributed by atoms with Crippen LogP contribution >= 0.6 is 10.7 Å². The number of halogens is 1. The average Bonchev–Trinajstić information content (AvgIpc) is 2.16. The maximum absolute atomic E-state index is 11.3. The topological polar surface area (TPSA) is 79.9 Å². The first-order chi connectivity index (χ1) is 7.00. The zero-order chi connectivity index (χ0) is 11.1. The van der Waals surface area contributed by atoms with Crippen molar-refractivity contribution in [1.29, 1.82) is 0 Å². The van der Waals surface area contributed by atoms with Gasteiger partial charge in [0.25, 0.3) is 14.6 Å². The van der Waals surface area contributed by atoms with E-state index in [1.807, 2.05) is 0 Å². The molecule has 78 valence electrons. The van der Waals surface area contributed by atoms with E-state index in [1.165, 1.54) is 18.2 Å². The van der Waals surface area contributed by atoms with Crippen LogP contribution < -0.4 is 5.56 Å². The van der Waals surface area contributed by atoms with Crippen LogP contribution in [0.1, 0.15) is 0 Å². The molecule has 0 aliphatic rings. The van der Waals surface area contributed by atoms with Gasteiger partial charge in [-0.15, -0.1) is 0 Å². The predicted octanol–water partition coefficient (Wildman–Crippen LogP) is 0.851. The fourth-order valence-electron chi connectivity index (χ4n) is 1.27. The second-order valence-corrected chi connectivity index (χ2v) is 5.36. The van der Waals surface area contributed by atoms with E-state index in [-0.39, 0.29) is 15.8 Å². The molecule has 0 radical (unpaired) electrons. The third-order valence-corrected chi connectivity index (χ3v) is 3.25. The number of nitrogens with one attached hydrogen (secondary N) is 1. The first-order valence-electron chi connectivity index (χ1n) is 3.91. The van der Waals surface area contributed by atoms with E-state index < -0.39 is 14.6 Å². The molecule has 5 nitrogen and oxygen atoms in total. The van der Waals surface area contributed by atoms with Crippen LogP contribution in [-0.2, 0) is 9.05 Å². The number of hydrogen-bond donors (Lipinski definition) is 1. The van der Waals surface area contributed by atoms with Gasteiger partial charge in [-0.25, -0.2) is 13.4 Å². The monoisotopic (exact) mass is 244 g/mol. The number of aromatic amines is 1. The minimum absolute atomic E-state index is 0.0799. The lowest BCUT2D eigenvalue weighted by Crippen LogP contribution is -2.07. The average molecular weight is 245 g/mol. The van der Waals surface area contributed by atoms with Crippen molar-refractivity contribution in [3.05, 3.63) is 34.9 Å². The maximum atomic E-state index is 11.3. The lowest BCUT2D eigenvalue weighted by Gasteiger charge is -2.00. The Morgan fingerprint density at radius 3 is 2.73 bits per heavy atom. The van der Waals surface area contributed by atoms with Gasteiger partial charge in [-0.3, -0.25) is 4.79 Å². The Hall–Kier alpha value is -1.40. The molecule has 1 N–H and O–H groups in total. The van der Waals surface area contributed by atoms with Crippen molar-refractivity contribution in [2.24, 2.45) is 0 Å². The van der Waals surface area contributed by atoms with Crippen LogP contribution in [0.25, 0.3) is 10.9 Å². The van der Waals surface area contributed by atoms with E-state index in [0.29, 0.717) is 0 Å². The SMILES string of the molecule is O=c1[nH]cnc2c(S(=O)(=O)Cl)cccc12. The fourth-order valence-corrected chi connectivity index (χ4v) is 2.28. The van der Waals surface area contributed by atoms with Crippen molar-refractivity contribution in [3.8, 4) is 0 Å². The Bertz CT molecular complexity index is 678. The van der Waals surface area contributed by atoms with Crippen molar-refractivity contribution in [2.75, 3.05) is 0 Å². The molecule has 2 aromatic rings. The second kappa shape index (κ2) is 3.32. The molecule has 0 spiro atoms. The molecule has 0 saturated heterocycles. The maximum Gasteiger partial charge on any atom is 0.263 e. The van der Waals surface area contributed by atoms with Crippen molar-refractivity contribution in [1.82, 2.24) is 9.97 Å². The minimum atomic E-state index is -3.89. The summed E-state index contributed by atoms with van der Waals surface area (Å²) < 4.78 is 22.3. The van der Waals surface area contributed by atoms with Crippen molar-refractivity contribution >= 4 is 30.6 Å². The van der Waals surface area contributed by atoms with Crippen molar-refractivity contribution in [2.45, 2.75) is 4.90 Å². The van der Waals surface area contributed by atoms with E-state index in [9.17, 15) is 13.2 Å². The van der Waals surface area contributed by atoms with E-state index in [4.69, 9.17) is 10.7 Å². The lowest BCUT2D eigenvalue weighted by molar-refractivity contribution is 0.610. The third kappa shape index (κ3) is 1.73. The van der Waals surface area contributed by atoms with Crippen LogP contribution in [0.3, 0.4) is 0 Å². The van der Waals surface area contributed by atoms with Crippen LogP contribution in [0, 0.1) is 0 Å². The number of hydrogen-bond acceptors (Lipinski definition) is 4. The summed E-state index contributed by atoms with van der Waals surface area (Å²) in [5, 5.41) is 0.194. The zero-order valence-electron chi connectivity index (χ0n) is 7.27. The number of H-pyrrole nitrogens is 1. The first-order valence-corrected chi connectivity index (χ1v) is 6.22. The summed E-state index contributed by atoms with van der Waals surface area (Å²) in [6.45, 7) is 0. The largest absolute Gasteiger partial charge is 0.313 e. The standard InChI is InChI=1S/C8H5ClN2O3S/c9-15(13,14)6-3-1-2-5-7(6)10-4-11-8(5)12/h1-4H,(H,10,11,12). The Morgan fingerprint density at radius 1 is 1.33 bits per heavy atom. The zero-order valence-corrected chi connectivity index (χ0v) is 8.84. The second-order valence-electron chi connectivity index (χ2n) is 2.82. The van der Waals surface area contributed by atoms with Crippen molar-refractivity contribution in [3.63, 3.8) is 0 Å². The van der Waals surface area contributed by atoms with Gasteiger partial charge in [0.15, 0.2) is 0 Å². The molecule has 1 aromatic heterocycles. The van der Waals surface area contributed by atoms with Gasteiger partial charge in [-0.2, -0.15) is 0 Å². The Morgan fingerprint density at radius 2 is 2.07 bits per heavy atom. The molecule has 0 aliphatic carbocycles. The van der Waals surface area contributed by atoms with E-state index in [2.05, 4.69) is 9.97 Å². The molecular weight excluding hydrogens is 240 g/mol. The summed E-state index contributed by atoms with van der Waals surface area (Å²) in [6, 6.07) is 4.22. The molecule has 7 heteroatoms. The van der Waals surface area contributed by atoms with Crippen LogP contribution in [0.5, 0.6) is 0 Å². The van der Waals surface area contributed by atoms with Crippen LogP contribution in [0.4, 0.5) is 0 Å². The van der Waals surface area contributed by atoms with Gasteiger partial charge in [0.05, 0.1) is 17.2 Å². The van der Waals surface area contributed by atoms with Gasteiger partial charge in [-0.05, 0) is 12.1 Å². The number of aromatic nitrogens is 2. The van der Waals surface area contributed by atoms with Gasteiger partial charge in [0.2, 0.25) is 0 Å². The number of benzene rings is 1. The first kappa shape index (κ1) is 10.1. The number of fused-ring (bicyclic) bond motifs is 1. The summed E-state index contributed by atoms with van der Waals surface area (Å²) >= 11 is 0. The molecule has 1 aromatic carbocycles. The van der Waals surface area contributed by atoms with Crippen LogP contribution in [-0.4, -0.2) is 18.4 Å². The quantitative estimate of drug-likeness (QED) is 0.755. The molecule has 0 saturated carbocycles. The summed E-state index contributed by atoms with van der Waals surface area (Å²) in [6.07, 6.45) is 1.14. The van der Waals surface area contributed by atoms with Gasteiger partial charge in [0.1, 0.15) is 4.90 Å². The van der Waals surface area contributed by atoms with E-state index >= 15 is 0 Å². The highest BCUT2D eigenvalue weighted by Gasteiger charge is 2.15. The van der Waals surface area contributed by atoms with E-state index in [1.54, 1.807) is 0 Å². The fraction of sp³-hybridized carbons (Fsp3) is 0. The Balaban J connectivity index is 3.02. The van der Waals surface area contributed by atoms with Gasteiger partial charge < -0.3 is 4.98 Å². The van der Waals surface area contributed by atoms with Gasteiger partial charge in [0, 0.05) is 10.7 Å². The molecule has 0 atom stereocenters.